The zero-order valence-corrected chi connectivity index (χ0v) is 28.8. The first-order chi connectivity index (χ1) is 21.2. The van der Waals surface area contributed by atoms with Crippen molar-refractivity contribution < 1.29 is 17.9 Å². The van der Waals surface area contributed by atoms with Crippen LogP contribution in [0.3, 0.4) is 0 Å². The van der Waals surface area contributed by atoms with E-state index in [0.29, 0.717) is 16.1 Å². The summed E-state index contributed by atoms with van der Waals surface area (Å²) in [7, 11) is -3.93. The van der Waals surface area contributed by atoms with Crippen LogP contribution in [-0.2, 0) is 14.8 Å². The number of allylic oxidation sites excluding steroid dienone is 1. The van der Waals surface area contributed by atoms with Gasteiger partial charge in [-0.05, 0) is 124 Å². The molecule has 0 heterocycles. The maximum absolute atomic E-state index is 14.2. The molecule has 4 aromatic carbocycles. The number of carbonyl (C=O) groups excluding carboxylic acids is 1. The minimum Gasteiger partial charge on any atom is -0.456 e. The Labute approximate surface area is 269 Å². The van der Waals surface area contributed by atoms with Crippen molar-refractivity contribution in [3.8, 4) is 11.1 Å². The van der Waals surface area contributed by atoms with Gasteiger partial charge >= 0.3 is 5.97 Å². The molecule has 0 spiro atoms. The lowest BCUT2D eigenvalue weighted by molar-refractivity contribution is 0.00695. The molecule has 4 rings (SSSR count). The number of benzene rings is 4. The monoisotopic (exact) mass is 625 g/mol. The normalized spacial score (nSPS) is 12.2. The Morgan fingerprint density at radius 3 is 2.16 bits per heavy atom. The Morgan fingerprint density at radius 1 is 0.844 bits per heavy atom. The van der Waals surface area contributed by atoms with Crippen LogP contribution in [-0.4, -0.2) is 20.0 Å². The third-order valence-corrected chi connectivity index (χ3v) is 9.83. The van der Waals surface area contributed by atoms with Crippen molar-refractivity contribution in [2.45, 2.75) is 98.0 Å². The molecule has 0 aromatic heterocycles. The molecule has 4 aromatic rings. The summed E-state index contributed by atoms with van der Waals surface area (Å²) in [5, 5.41) is 1.66. The smallest absolute Gasteiger partial charge is 0.338 e. The van der Waals surface area contributed by atoms with E-state index < -0.39 is 15.6 Å². The molecule has 0 aliphatic heterocycles. The second kappa shape index (κ2) is 14.0. The Balaban J connectivity index is 1.90. The summed E-state index contributed by atoms with van der Waals surface area (Å²) >= 11 is 0. The van der Waals surface area contributed by atoms with Crippen LogP contribution in [0.4, 0.5) is 5.69 Å². The molecule has 5 nitrogen and oxygen atoms in total. The molecule has 1 N–H and O–H groups in total. The zero-order chi connectivity index (χ0) is 32.9. The van der Waals surface area contributed by atoms with Gasteiger partial charge < -0.3 is 4.74 Å². The summed E-state index contributed by atoms with van der Waals surface area (Å²) in [6.45, 7) is 15.4. The van der Waals surface area contributed by atoms with Crippen molar-refractivity contribution in [2.75, 3.05) is 4.72 Å². The predicted octanol–water partition coefficient (Wildman–Crippen LogP) is 10.5. The van der Waals surface area contributed by atoms with Gasteiger partial charge in [-0.2, -0.15) is 0 Å². The number of hydrogen-bond acceptors (Lipinski definition) is 4. The summed E-state index contributed by atoms with van der Waals surface area (Å²) in [5.74, 6) is -0.385. The largest absolute Gasteiger partial charge is 0.456 e. The van der Waals surface area contributed by atoms with Crippen LogP contribution in [0.2, 0.25) is 0 Å². The van der Waals surface area contributed by atoms with Crippen LogP contribution in [0.15, 0.2) is 71.6 Å². The fourth-order valence-corrected chi connectivity index (χ4v) is 7.43. The topological polar surface area (TPSA) is 72.5 Å². The first-order valence-corrected chi connectivity index (χ1v) is 17.4. The molecular weight excluding hydrogens is 578 g/mol. The number of sulfonamides is 1. The van der Waals surface area contributed by atoms with Gasteiger partial charge in [-0.3, -0.25) is 4.72 Å². The maximum Gasteiger partial charge on any atom is 0.338 e. The highest BCUT2D eigenvalue weighted by atomic mass is 32.2. The van der Waals surface area contributed by atoms with E-state index in [9.17, 15) is 13.2 Å². The van der Waals surface area contributed by atoms with E-state index >= 15 is 0 Å². The number of hydrogen-bond donors (Lipinski definition) is 1. The van der Waals surface area contributed by atoms with Gasteiger partial charge in [-0.1, -0.05) is 80.8 Å². The van der Waals surface area contributed by atoms with Crippen molar-refractivity contribution in [1.29, 1.82) is 0 Å². The number of carbonyl (C=O) groups is 1. The second-order valence-electron chi connectivity index (χ2n) is 13.0. The first-order valence-electron chi connectivity index (χ1n) is 15.9. The lowest BCUT2D eigenvalue weighted by Gasteiger charge is -2.21. The van der Waals surface area contributed by atoms with Crippen LogP contribution in [0.25, 0.3) is 28.0 Å². The van der Waals surface area contributed by atoms with Crippen LogP contribution in [0.1, 0.15) is 98.0 Å². The standard InChI is InChI=1S/C39H47NO4S/c1-9-10-11-12-13-14-18-31-25-35(30-19-17-20-32(24-30)38(41)44-39(6,7)8)33-21-15-16-22-34(33)36(31)40-45(42,43)37-28(4)26(2)23-27(3)29(37)5/h14-25,40H,9-13H2,1-8H3. The van der Waals surface area contributed by atoms with Gasteiger partial charge in [0.15, 0.2) is 0 Å². The van der Waals surface area contributed by atoms with Gasteiger partial charge in [-0.25, -0.2) is 13.2 Å². The summed E-state index contributed by atoms with van der Waals surface area (Å²) < 4.78 is 37.1. The van der Waals surface area contributed by atoms with Gasteiger partial charge in [0.2, 0.25) is 0 Å². The highest BCUT2D eigenvalue weighted by molar-refractivity contribution is 7.92. The van der Waals surface area contributed by atoms with Crippen molar-refractivity contribution in [3.63, 3.8) is 0 Å². The molecule has 0 unspecified atom stereocenters. The van der Waals surface area contributed by atoms with Crippen LogP contribution in [0.5, 0.6) is 0 Å². The van der Waals surface area contributed by atoms with Crippen LogP contribution >= 0.6 is 0 Å². The van der Waals surface area contributed by atoms with Crippen molar-refractivity contribution in [2.24, 2.45) is 0 Å². The Hall–Kier alpha value is -3.90. The van der Waals surface area contributed by atoms with E-state index in [1.807, 2.05) is 109 Å². The fourth-order valence-electron chi connectivity index (χ4n) is 5.70. The number of esters is 1. The van der Waals surface area contributed by atoms with E-state index in [2.05, 4.69) is 17.7 Å². The van der Waals surface area contributed by atoms with Gasteiger partial charge in [0, 0.05) is 5.39 Å². The quantitative estimate of drug-likeness (QED) is 0.133. The van der Waals surface area contributed by atoms with Gasteiger partial charge in [0.1, 0.15) is 5.60 Å². The number of aryl methyl sites for hydroxylation is 2. The van der Waals surface area contributed by atoms with Crippen LogP contribution in [0, 0.1) is 27.7 Å². The highest BCUT2D eigenvalue weighted by Crippen LogP contribution is 2.39. The zero-order valence-electron chi connectivity index (χ0n) is 28.0. The number of nitrogens with one attached hydrogen (secondary N) is 1. The Kier molecular flexibility index (Phi) is 10.6. The molecule has 0 fully saturated rings. The molecule has 0 aliphatic rings. The second-order valence-corrected chi connectivity index (χ2v) is 14.6. The first kappa shape index (κ1) is 34.0. The number of anilines is 1. The average molecular weight is 626 g/mol. The molecule has 0 bridgehead atoms. The fraction of sp³-hybridized carbons (Fsp3) is 0.359. The number of ether oxygens (including phenoxy) is 1. The lowest BCUT2D eigenvalue weighted by atomic mass is 9.93. The third kappa shape index (κ3) is 8.04. The lowest BCUT2D eigenvalue weighted by Crippen LogP contribution is -2.23. The predicted molar refractivity (Wildman–Crippen MR) is 189 cm³/mol. The van der Waals surface area contributed by atoms with E-state index in [0.717, 1.165) is 69.0 Å². The van der Waals surface area contributed by atoms with Crippen LogP contribution < -0.4 is 4.72 Å². The van der Waals surface area contributed by atoms with E-state index in [1.165, 1.54) is 12.8 Å². The van der Waals surface area contributed by atoms with Gasteiger partial charge in [-0.15, -0.1) is 0 Å². The van der Waals surface area contributed by atoms with Crippen molar-refractivity contribution in [1.82, 2.24) is 0 Å². The molecule has 0 saturated carbocycles. The minimum atomic E-state index is -3.93. The summed E-state index contributed by atoms with van der Waals surface area (Å²) in [6, 6.07) is 19.3. The summed E-state index contributed by atoms with van der Waals surface area (Å²) in [5.41, 5.74) is 6.30. The molecular formula is C39H47NO4S. The number of unbranched alkanes of at least 4 members (excludes halogenated alkanes) is 4. The van der Waals surface area contributed by atoms with E-state index in [1.54, 1.807) is 6.07 Å². The third-order valence-electron chi connectivity index (χ3n) is 8.21. The van der Waals surface area contributed by atoms with E-state index in [-0.39, 0.29) is 5.97 Å². The van der Waals surface area contributed by atoms with E-state index in [4.69, 9.17) is 4.74 Å². The van der Waals surface area contributed by atoms with Gasteiger partial charge in [0.05, 0.1) is 16.1 Å². The maximum atomic E-state index is 14.2. The Bertz CT molecular complexity index is 1820. The van der Waals surface area contributed by atoms with Gasteiger partial charge in [0.25, 0.3) is 10.0 Å². The minimum absolute atomic E-state index is 0.327. The SMILES string of the molecule is CCCCCCC=Cc1cc(-c2cccc(C(=O)OC(C)(C)C)c2)c2ccccc2c1NS(=O)(=O)c1c(C)c(C)cc(C)c1C. The average Bonchev–Trinajstić information content (AvgIpc) is 2.97. The molecule has 6 heteroatoms. The highest BCUT2D eigenvalue weighted by Gasteiger charge is 2.25. The number of fused-ring (bicyclic) bond motifs is 1. The Morgan fingerprint density at radius 2 is 1.51 bits per heavy atom. The molecule has 0 aliphatic carbocycles. The molecule has 0 atom stereocenters. The number of rotatable bonds is 11. The summed E-state index contributed by atoms with van der Waals surface area (Å²) in [4.78, 5) is 13.3. The molecule has 45 heavy (non-hydrogen) atoms. The molecule has 0 radical (unpaired) electrons. The van der Waals surface area contributed by atoms with Crippen molar-refractivity contribution >= 4 is 38.5 Å². The van der Waals surface area contributed by atoms with Crippen molar-refractivity contribution in [3.05, 3.63) is 100 Å². The molecule has 0 saturated heterocycles. The molecule has 238 valence electrons. The molecule has 0 amide bonds. The summed E-state index contributed by atoms with van der Waals surface area (Å²) in [6.07, 6.45) is 9.66.